The normalized spacial score (nSPS) is 27.0. The van der Waals surface area contributed by atoms with E-state index < -0.39 is 81.1 Å². The molecule has 2 fully saturated rings. The number of hydrogen-bond donors (Lipinski definition) is 5. The van der Waals surface area contributed by atoms with Crippen molar-refractivity contribution in [3.63, 3.8) is 0 Å². The summed E-state index contributed by atoms with van der Waals surface area (Å²) in [5.41, 5.74) is 2.79. The summed E-state index contributed by atoms with van der Waals surface area (Å²) in [6, 6.07) is 4.33. The van der Waals surface area contributed by atoms with Gasteiger partial charge in [-0.1, -0.05) is 0 Å². The van der Waals surface area contributed by atoms with Gasteiger partial charge in [0.05, 0.1) is 28.1 Å². The van der Waals surface area contributed by atoms with E-state index in [1.807, 2.05) is 0 Å². The fourth-order valence-corrected chi connectivity index (χ4v) is 7.10. The minimum Gasteiger partial charge on any atom is -0.505 e. The third-order valence-electron chi connectivity index (χ3n) is 9.10. The first-order valence-electron chi connectivity index (χ1n) is 14.2. The molecule has 2 saturated carbocycles. The molecule has 0 radical (unpaired) electrons. The van der Waals surface area contributed by atoms with E-state index >= 15 is 0 Å². The van der Waals surface area contributed by atoms with Gasteiger partial charge in [-0.25, -0.2) is 4.79 Å². The van der Waals surface area contributed by atoms with Gasteiger partial charge in [0.1, 0.15) is 5.75 Å². The van der Waals surface area contributed by atoms with Gasteiger partial charge >= 0.3 is 6.03 Å². The predicted octanol–water partition coefficient (Wildman–Crippen LogP) is 0.485. The van der Waals surface area contributed by atoms with E-state index in [0.717, 1.165) is 0 Å². The highest BCUT2D eigenvalue weighted by molar-refractivity contribution is 6.32. The first-order chi connectivity index (χ1) is 21.5. The third-order valence-corrected chi connectivity index (χ3v) is 9.10. The van der Waals surface area contributed by atoms with Gasteiger partial charge in [0.2, 0.25) is 5.91 Å². The number of nitro groups is 1. The summed E-state index contributed by atoms with van der Waals surface area (Å²) in [6.07, 6.45) is -0.0582. The van der Waals surface area contributed by atoms with Crippen molar-refractivity contribution in [2.75, 3.05) is 43.7 Å². The minimum absolute atomic E-state index is 0.0438. The summed E-state index contributed by atoms with van der Waals surface area (Å²) < 4.78 is 0. The van der Waals surface area contributed by atoms with Crippen molar-refractivity contribution in [2.24, 2.45) is 29.4 Å². The molecule has 0 saturated heterocycles. The van der Waals surface area contributed by atoms with E-state index in [1.165, 1.54) is 49.3 Å². The Morgan fingerprint density at radius 3 is 2.22 bits per heavy atom. The molecule has 5 rings (SSSR count). The Bertz CT molecular complexity index is 1720. The van der Waals surface area contributed by atoms with Crippen molar-refractivity contribution >= 4 is 57.8 Å². The van der Waals surface area contributed by atoms with Crippen molar-refractivity contribution in [2.45, 2.75) is 24.5 Å². The molecule has 2 aromatic carbocycles. The number of aliphatic hydroxyl groups is 1. The standard InChI is InChI=1S/C30H32N6O10/c1-34(2)18-11-17(33-29(43)32-13-5-7-14(8-6-13)36(45)46)23(37)20-15(18)9-12-10-16-22(35(3)4)25(39)21(28(31)42)27(41)30(16,44)26(40)19(12)24(20)38/h5-8,11-12,16,19,21-22,37,44H,9-10H2,1-4H3,(H2,31,42)(H2,32,33,43)/t12-,16-,19?,21?,22+,30-/m0/s1. The smallest absolute Gasteiger partial charge is 0.323 e. The third kappa shape index (κ3) is 4.85. The number of nitro benzene ring substituents is 1. The molecule has 0 bridgehead atoms. The van der Waals surface area contributed by atoms with Crippen LogP contribution in [0.3, 0.4) is 0 Å². The number of rotatable bonds is 6. The first-order valence-corrected chi connectivity index (χ1v) is 14.2. The molecule has 2 aromatic rings. The fourth-order valence-electron chi connectivity index (χ4n) is 7.10. The van der Waals surface area contributed by atoms with Gasteiger partial charge in [-0.2, -0.15) is 0 Å². The first kappa shape index (κ1) is 32.2. The number of ketones is 4. The number of benzene rings is 2. The second kappa shape index (κ2) is 11.3. The van der Waals surface area contributed by atoms with Gasteiger partial charge in [0, 0.05) is 43.5 Å². The number of anilines is 3. The maximum absolute atomic E-state index is 14.1. The number of nitrogens with one attached hydrogen (secondary N) is 2. The highest BCUT2D eigenvalue weighted by Gasteiger charge is 2.69. The lowest BCUT2D eigenvalue weighted by molar-refractivity contribution is -0.384. The molecular formula is C30H32N6O10. The molecule has 0 aromatic heterocycles. The zero-order valence-electron chi connectivity index (χ0n) is 25.3. The predicted molar refractivity (Wildman–Crippen MR) is 161 cm³/mol. The Morgan fingerprint density at radius 2 is 1.67 bits per heavy atom. The molecule has 6 atom stereocenters. The molecule has 46 heavy (non-hydrogen) atoms. The van der Waals surface area contributed by atoms with Crippen molar-refractivity contribution in [1.29, 1.82) is 0 Å². The molecule has 0 aliphatic heterocycles. The number of amides is 3. The Labute approximate surface area is 261 Å². The average molecular weight is 637 g/mol. The van der Waals surface area contributed by atoms with Crippen LogP contribution in [0.15, 0.2) is 30.3 Å². The van der Waals surface area contributed by atoms with Crippen LogP contribution in [0, 0.1) is 33.8 Å². The summed E-state index contributed by atoms with van der Waals surface area (Å²) >= 11 is 0. The monoisotopic (exact) mass is 636 g/mol. The number of nitrogens with two attached hydrogens (primary N) is 1. The number of phenolic OH excluding ortho intramolecular Hbond substituents is 1. The lowest BCUT2D eigenvalue weighted by atomic mass is 9.52. The van der Waals surface area contributed by atoms with Gasteiger partial charge in [0.25, 0.3) is 5.69 Å². The number of fused-ring (bicyclic) bond motifs is 3. The van der Waals surface area contributed by atoms with Gasteiger partial charge < -0.3 is 31.5 Å². The summed E-state index contributed by atoms with van der Waals surface area (Å²) in [6.45, 7) is 0. The lowest BCUT2D eigenvalue weighted by Crippen LogP contribution is -2.74. The second-order valence-electron chi connectivity index (χ2n) is 12.2. The second-order valence-corrected chi connectivity index (χ2v) is 12.2. The van der Waals surface area contributed by atoms with Crippen LogP contribution in [-0.4, -0.2) is 94.9 Å². The molecule has 16 heteroatoms. The fraction of sp³-hybridized carbons (Fsp3) is 0.400. The van der Waals surface area contributed by atoms with Crippen molar-refractivity contribution in [1.82, 2.24) is 4.90 Å². The van der Waals surface area contributed by atoms with Crippen LogP contribution in [0.4, 0.5) is 27.5 Å². The summed E-state index contributed by atoms with van der Waals surface area (Å²) in [5, 5.41) is 38.9. The summed E-state index contributed by atoms with van der Waals surface area (Å²) in [7, 11) is 6.34. The summed E-state index contributed by atoms with van der Waals surface area (Å²) in [5.74, 6) is -12.0. The number of Topliss-reactive ketones (excluding diaryl/α,β-unsaturated/α-hetero) is 4. The molecule has 3 aliphatic rings. The topological polar surface area (TPSA) is 243 Å². The number of hydrogen-bond acceptors (Lipinski definition) is 12. The van der Waals surface area contributed by atoms with Crippen molar-refractivity contribution in [3.8, 4) is 5.75 Å². The zero-order valence-corrected chi connectivity index (χ0v) is 25.3. The molecule has 2 unspecified atom stereocenters. The lowest BCUT2D eigenvalue weighted by Gasteiger charge is -2.52. The number of carbonyl (C=O) groups excluding carboxylic acids is 6. The number of urea groups is 1. The van der Waals surface area contributed by atoms with Crippen LogP contribution >= 0.6 is 0 Å². The van der Waals surface area contributed by atoms with E-state index in [4.69, 9.17) is 5.73 Å². The molecule has 3 amide bonds. The number of non-ortho nitro benzene ring substituents is 1. The van der Waals surface area contributed by atoms with Crippen LogP contribution in [0.2, 0.25) is 0 Å². The number of nitrogens with zero attached hydrogens (tertiary/aromatic N) is 3. The van der Waals surface area contributed by atoms with E-state index in [-0.39, 0.29) is 35.5 Å². The molecule has 0 heterocycles. The van der Waals surface area contributed by atoms with E-state index in [0.29, 0.717) is 11.3 Å². The highest BCUT2D eigenvalue weighted by atomic mass is 16.6. The van der Waals surface area contributed by atoms with Crippen LogP contribution in [-0.2, 0) is 25.6 Å². The van der Waals surface area contributed by atoms with Crippen molar-refractivity contribution < 1.29 is 43.9 Å². The average Bonchev–Trinajstić information content (AvgIpc) is 2.96. The van der Waals surface area contributed by atoms with Gasteiger partial charge in [-0.05, 0) is 56.6 Å². The summed E-state index contributed by atoms with van der Waals surface area (Å²) in [4.78, 5) is 93.3. The van der Waals surface area contributed by atoms with Gasteiger partial charge in [-0.15, -0.1) is 0 Å². The SMILES string of the molecule is CN(C)c1cc(NC(=O)Nc2ccc([N+](=O)[O-])cc2)c(O)c2c1C[C@H]1C[C@H]3[C@@H](N(C)C)C(=O)C(C(N)=O)C(=O)[C@@]3(O)C(=O)C1C2=O. The quantitative estimate of drug-likeness (QED) is 0.126. The van der Waals surface area contributed by atoms with Gasteiger partial charge in [0.15, 0.2) is 34.7 Å². The van der Waals surface area contributed by atoms with Crippen LogP contribution in [0.25, 0.3) is 0 Å². The largest absolute Gasteiger partial charge is 0.505 e. The molecule has 3 aliphatic carbocycles. The molecular weight excluding hydrogens is 604 g/mol. The minimum atomic E-state index is -2.86. The molecule has 242 valence electrons. The number of primary amides is 1. The highest BCUT2D eigenvalue weighted by Crippen LogP contribution is 2.52. The number of phenols is 1. The maximum Gasteiger partial charge on any atom is 0.323 e. The Hall–Kier alpha value is -5.22. The molecule has 6 N–H and O–H groups in total. The van der Waals surface area contributed by atoms with Gasteiger partial charge in [-0.3, -0.25) is 39.0 Å². The Balaban J connectivity index is 1.54. The maximum atomic E-state index is 14.1. The Morgan fingerprint density at radius 1 is 1.04 bits per heavy atom. The van der Waals surface area contributed by atoms with Crippen LogP contribution < -0.4 is 21.3 Å². The zero-order chi connectivity index (χ0) is 34.0. The Kier molecular flexibility index (Phi) is 7.90. The van der Waals surface area contributed by atoms with E-state index in [1.54, 1.807) is 19.0 Å². The van der Waals surface area contributed by atoms with Crippen LogP contribution in [0.5, 0.6) is 5.75 Å². The van der Waals surface area contributed by atoms with E-state index in [9.17, 15) is 49.1 Å². The molecule has 0 spiro atoms. The van der Waals surface area contributed by atoms with E-state index in [2.05, 4.69) is 10.6 Å². The van der Waals surface area contributed by atoms with Crippen molar-refractivity contribution in [3.05, 3.63) is 51.6 Å². The number of carbonyl (C=O) groups is 6. The number of likely N-dealkylation sites (N-methyl/N-ethyl adjacent to an activating group) is 1. The molecule has 16 nitrogen and oxygen atoms in total. The van der Waals surface area contributed by atoms with Crippen LogP contribution in [0.1, 0.15) is 22.3 Å². The number of aromatic hydroxyl groups is 1.